The zero-order valence-electron chi connectivity index (χ0n) is 12.8. The lowest BCUT2D eigenvalue weighted by molar-refractivity contribution is -0.115. The first-order valence-electron chi connectivity index (χ1n) is 7.26. The van der Waals surface area contributed by atoms with Crippen molar-refractivity contribution in [3.8, 4) is 0 Å². The van der Waals surface area contributed by atoms with Gasteiger partial charge in [0, 0.05) is 13.0 Å². The molecule has 0 atom stereocenters. The molecule has 0 saturated carbocycles. The number of thiazole rings is 1. The highest BCUT2D eigenvalue weighted by Gasteiger charge is 2.19. The van der Waals surface area contributed by atoms with Crippen LogP contribution in [-0.2, 0) is 11.3 Å². The number of amides is 1. The molecule has 6 nitrogen and oxygen atoms in total. The summed E-state index contributed by atoms with van der Waals surface area (Å²) in [7, 11) is 0. The highest BCUT2D eigenvalue weighted by atomic mass is 32.1. The van der Waals surface area contributed by atoms with Crippen LogP contribution in [-0.4, -0.2) is 40.0 Å². The first kappa shape index (κ1) is 17.6. The van der Waals surface area contributed by atoms with Gasteiger partial charge in [0.15, 0.2) is 10.8 Å². The van der Waals surface area contributed by atoms with Crippen LogP contribution in [0.1, 0.15) is 55.4 Å². The second-order valence-electron chi connectivity index (χ2n) is 4.72. The van der Waals surface area contributed by atoms with Gasteiger partial charge in [0.05, 0.1) is 4.88 Å². The van der Waals surface area contributed by atoms with Crippen molar-refractivity contribution in [3.63, 3.8) is 0 Å². The van der Waals surface area contributed by atoms with Crippen molar-refractivity contribution in [3.05, 3.63) is 10.6 Å². The van der Waals surface area contributed by atoms with Crippen LogP contribution in [0.2, 0.25) is 0 Å². The number of unbranched alkanes of at least 4 members (excludes halogenated alkanes) is 1. The van der Waals surface area contributed by atoms with Gasteiger partial charge in [0.2, 0.25) is 5.91 Å². The molecule has 118 valence electrons. The molecule has 0 aliphatic heterocycles. The van der Waals surface area contributed by atoms with Gasteiger partial charge in [0.25, 0.3) is 0 Å². The minimum atomic E-state index is -1.05. The van der Waals surface area contributed by atoms with E-state index in [2.05, 4.69) is 29.0 Å². The number of carbonyl (C=O) groups excluding carboxylic acids is 1. The monoisotopic (exact) mass is 313 g/mol. The van der Waals surface area contributed by atoms with Crippen molar-refractivity contribution in [1.29, 1.82) is 0 Å². The maximum absolute atomic E-state index is 11.4. The Bertz CT molecular complexity index is 488. The molecule has 0 saturated heterocycles. The third-order valence-electron chi connectivity index (χ3n) is 3.11. The van der Waals surface area contributed by atoms with E-state index in [4.69, 9.17) is 0 Å². The first-order chi connectivity index (χ1) is 10.0. The molecule has 0 spiro atoms. The molecule has 0 aliphatic rings. The standard InChI is InChI=1S/C14H23N3O3S/c1-4-7-8-17(6-3)9-10-12(13(19)20)16-14(21-10)15-11(18)5-2/h4-9H2,1-3H3,(H,19,20)(H,15,16,18). The summed E-state index contributed by atoms with van der Waals surface area (Å²) in [5.74, 6) is -1.21. The molecule has 0 bridgehead atoms. The minimum Gasteiger partial charge on any atom is -0.476 e. The molecule has 0 aromatic carbocycles. The molecule has 1 heterocycles. The maximum atomic E-state index is 11.4. The Hall–Kier alpha value is -1.47. The maximum Gasteiger partial charge on any atom is 0.355 e. The van der Waals surface area contributed by atoms with E-state index in [-0.39, 0.29) is 11.6 Å². The van der Waals surface area contributed by atoms with E-state index in [1.165, 1.54) is 11.3 Å². The largest absolute Gasteiger partial charge is 0.476 e. The molecule has 1 aromatic heterocycles. The number of carboxylic acid groups (broad SMARTS) is 1. The van der Waals surface area contributed by atoms with Crippen LogP contribution >= 0.6 is 11.3 Å². The van der Waals surface area contributed by atoms with Gasteiger partial charge in [0.1, 0.15) is 0 Å². The van der Waals surface area contributed by atoms with Gasteiger partial charge in [-0.25, -0.2) is 9.78 Å². The van der Waals surface area contributed by atoms with E-state index in [0.717, 1.165) is 25.9 Å². The Morgan fingerprint density at radius 1 is 1.33 bits per heavy atom. The topological polar surface area (TPSA) is 82.5 Å². The fourth-order valence-electron chi connectivity index (χ4n) is 1.82. The molecule has 0 aliphatic carbocycles. The van der Waals surface area contributed by atoms with Crippen LogP contribution in [0, 0.1) is 0 Å². The van der Waals surface area contributed by atoms with E-state index >= 15 is 0 Å². The van der Waals surface area contributed by atoms with Gasteiger partial charge < -0.3 is 10.4 Å². The number of aromatic carboxylic acids is 1. The number of hydrogen-bond acceptors (Lipinski definition) is 5. The van der Waals surface area contributed by atoms with Crippen molar-refractivity contribution in [2.45, 2.75) is 46.6 Å². The fourth-order valence-corrected chi connectivity index (χ4v) is 2.83. The van der Waals surface area contributed by atoms with Crippen molar-refractivity contribution in [2.75, 3.05) is 18.4 Å². The van der Waals surface area contributed by atoms with Crippen molar-refractivity contribution in [1.82, 2.24) is 9.88 Å². The Kier molecular flexibility index (Phi) is 7.31. The van der Waals surface area contributed by atoms with Crippen LogP contribution in [0.25, 0.3) is 0 Å². The third-order valence-corrected chi connectivity index (χ3v) is 4.07. The van der Waals surface area contributed by atoms with E-state index in [1.54, 1.807) is 6.92 Å². The number of aromatic nitrogens is 1. The van der Waals surface area contributed by atoms with Crippen molar-refractivity contribution >= 4 is 28.3 Å². The summed E-state index contributed by atoms with van der Waals surface area (Å²) in [5.41, 5.74) is 0.0429. The minimum absolute atomic E-state index is 0.0429. The highest BCUT2D eigenvalue weighted by Crippen LogP contribution is 2.25. The second-order valence-corrected chi connectivity index (χ2v) is 5.80. The van der Waals surface area contributed by atoms with Crippen molar-refractivity contribution in [2.24, 2.45) is 0 Å². The zero-order chi connectivity index (χ0) is 15.8. The number of hydrogen-bond donors (Lipinski definition) is 2. The molecule has 7 heteroatoms. The van der Waals surface area contributed by atoms with Crippen LogP contribution < -0.4 is 5.32 Å². The number of anilines is 1. The molecule has 0 fully saturated rings. The van der Waals surface area contributed by atoms with Gasteiger partial charge in [-0.3, -0.25) is 9.69 Å². The first-order valence-corrected chi connectivity index (χ1v) is 8.08. The Labute approximate surface area is 129 Å². The van der Waals surface area contributed by atoms with E-state index in [1.807, 2.05) is 0 Å². The number of carbonyl (C=O) groups is 2. The molecule has 2 N–H and O–H groups in total. The fraction of sp³-hybridized carbons (Fsp3) is 0.643. The molecular formula is C14H23N3O3S. The number of nitrogens with zero attached hydrogens (tertiary/aromatic N) is 2. The third kappa shape index (κ3) is 5.43. The summed E-state index contributed by atoms with van der Waals surface area (Å²) in [6, 6.07) is 0. The average molecular weight is 313 g/mol. The van der Waals surface area contributed by atoms with Crippen LogP contribution in [0.3, 0.4) is 0 Å². The lowest BCUT2D eigenvalue weighted by Gasteiger charge is -2.19. The molecule has 1 rings (SSSR count). The average Bonchev–Trinajstić information content (AvgIpc) is 2.85. The SMILES string of the molecule is CCCCN(CC)Cc1sc(NC(=O)CC)nc1C(=O)O. The molecular weight excluding hydrogens is 290 g/mol. The molecule has 1 amide bonds. The Balaban J connectivity index is 2.87. The number of nitrogens with one attached hydrogen (secondary N) is 1. The predicted octanol–water partition coefficient (Wildman–Crippen LogP) is 2.81. The highest BCUT2D eigenvalue weighted by molar-refractivity contribution is 7.16. The predicted molar refractivity (Wildman–Crippen MR) is 83.9 cm³/mol. The van der Waals surface area contributed by atoms with Gasteiger partial charge in [-0.05, 0) is 19.5 Å². The van der Waals surface area contributed by atoms with Gasteiger partial charge in [-0.15, -0.1) is 0 Å². The molecule has 1 aromatic rings. The second kappa shape index (κ2) is 8.74. The summed E-state index contributed by atoms with van der Waals surface area (Å²) in [6.45, 7) is 8.26. The summed E-state index contributed by atoms with van der Waals surface area (Å²) < 4.78 is 0. The number of carboxylic acids is 1. The van der Waals surface area contributed by atoms with Crippen LogP contribution in [0.4, 0.5) is 5.13 Å². The lowest BCUT2D eigenvalue weighted by atomic mass is 10.3. The van der Waals surface area contributed by atoms with Gasteiger partial charge in [-0.2, -0.15) is 0 Å². The summed E-state index contributed by atoms with van der Waals surface area (Å²) in [4.78, 5) is 29.6. The molecule has 21 heavy (non-hydrogen) atoms. The summed E-state index contributed by atoms with van der Waals surface area (Å²) >= 11 is 1.24. The van der Waals surface area contributed by atoms with Gasteiger partial charge >= 0.3 is 5.97 Å². The molecule has 0 radical (unpaired) electrons. The summed E-state index contributed by atoms with van der Waals surface area (Å²) in [5, 5.41) is 12.2. The van der Waals surface area contributed by atoms with Crippen molar-refractivity contribution < 1.29 is 14.7 Å². The van der Waals surface area contributed by atoms with E-state index in [9.17, 15) is 14.7 Å². The van der Waals surface area contributed by atoms with Crippen LogP contribution in [0.5, 0.6) is 0 Å². The molecule has 0 unspecified atom stereocenters. The quantitative estimate of drug-likeness (QED) is 0.732. The smallest absolute Gasteiger partial charge is 0.355 e. The van der Waals surface area contributed by atoms with E-state index in [0.29, 0.717) is 23.0 Å². The normalized spacial score (nSPS) is 10.9. The zero-order valence-corrected chi connectivity index (χ0v) is 13.6. The van der Waals surface area contributed by atoms with Crippen LogP contribution in [0.15, 0.2) is 0 Å². The number of rotatable bonds is 9. The van der Waals surface area contributed by atoms with E-state index < -0.39 is 5.97 Å². The lowest BCUT2D eigenvalue weighted by Crippen LogP contribution is -2.24. The Morgan fingerprint density at radius 3 is 2.57 bits per heavy atom. The summed E-state index contributed by atoms with van der Waals surface area (Å²) in [6.07, 6.45) is 2.52. The van der Waals surface area contributed by atoms with Gasteiger partial charge in [-0.1, -0.05) is 38.5 Å². The Morgan fingerprint density at radius 2 is 2.05 bits per heavy atom.